The lowest BCUT2D eigenvalue weighted by atomic mass is 10.0. The molecule has 0 atom stereocenters. The number of rotatable bonds is 0. The molecule has 0 radical (unpaired) electrons. The summed E-state index contributed by atoms with van der Waals surface area (Å²) in [7, 11) is 0. The molecule has 0 saturated heterocycles. The van der Waals surface area contributed by atoms with E-state index in [1.807, 2.05) is 6.07 Å². The normalized spacial score (nSPS) is 11.3. The number of nitrogens with zero attached hydrogens (tertiary/aromatic N) is 1. The Balaban J connectivity index is 2.52. The molecule has 2 heteroatoms. The number of benzene rings is 2. The van der Waals surface area contributed by atoms with E-state index in [9.17, 15) is 0 Å². The molecular formula is C16H14ClN. The van der Waals surface area contributed by atoms with Crippen molar-refractivity contribution < 1.29 is 0 Å². The Labute approximate surface area is 111 Å². The maximum absolute atomic E-state index is 6.53. The topological polar surface area (TPSA) is 12.9 Å². The first-order chi connectivity index (χ1) is 8.56. The van der Waals surface area contributed by atoms with Crippen LogP contribution in [0, 0.1) is 20.8 Å². The number of fused-ring (bicyclic) bond motifs is 2. The number of aryl methyl sites for hydroxylation is 3. The molecule has 0 saturated carbocycles. The van der Waals surface area contributed by atoms with Crippen molar-refractivity contribution in [2.45, 2.75) is 20.8 Å². The van der Waals surface area contributed by atoms with E-state index in [1.54, 1.807) is 0 Å². The molecule has 18 heavy (non-hydrogen) atoms. The summed E-state index contributed by atoms with van der Waals surface area (Å²) < 4.78 is 0. The number of pyridine rings is 1. The third kappa shape index (κ3) is 1.67. The van der Waals surface area contributed by atoms with Gasteiger partial charge in [0.1, 0.15) is 0 Å². The van der Waals surface area contributed by atoms with Crippen LogP contribution in [0.5, 0.6) is 0 Å². The van der Waals surface area contributed by atoms with Crippen LogP contribution < -0.4 is 0 Å². The molecule has 90 valence electrons. The summed E-state index contributed by atoms with van der Waals surface area (Å²) >= 11 is 6.53. The van der Waals surface area contributed by atoms with Gasteiger partial charge >= 0.3 is 0 Å². The fourth-order valence-electron chi connectivity index (χ4n) is 2.27. The van der Waals surface area contributed by atoms with Gasteiger partial charge in [0.05, 0.1) is 16.1 Å². The van der Waals surface area contributed by atoms with Gasteiger partial charge in [0.15, 0.2) is 0 Å². The van der Waals surface area contributed by atoms with Crippen LogP contribution in [0.1, 0.15) is 16.7 Å². The summed E-state index contributed by atoms with van der Waals surface area (Å²) in [6.45, 7) is 6.27. The van der Waals surface area contributed by atoms with Gasteiger partial charge in [0.2, 0.25) is 0 Å². The highest BCUT2D eigenvalue weighted by atomic mass is 35.5. The maximum atomic E-state index is 6.53. The molecular weight excluding hydrogens is 242 g/mol. The van der Waals surface area contributed by atoms with Gasteiger partial charge in [-0.2, -0.15) is 0 Å². The van der Waals surface area contributed by atoms with E-state index in [2.05, 4.69) is 45.0 Å². The van der Waals surface area contributed by atoms with Gasteiger partial charge in [-0.05, 0) is 56.2 Å². The molecule has 0 aliphatic heterocycles. The van der Waals surface area contributed by atoms with E-state index >= 15 is 0 Å². The largest absolute Gasteiger partial charge is 0.248 e. The van der Waals surface area contributed by atoms with Gasteiger partial charge in [-0.3, -0.25) is 0 Å². The summed E-state index contributed by atoms with van der Waals surface area (Å²) in [6, 6.07) is 10.4. The molecule has 0 spiro atoms. The zero-order valence-electron chi connectivity index (χ0n) is 10.7. The van der Waals surface area contributed by atoms with Crippen LogP contribution in [-0.2, 0) is 0 Å². The Bertz CT molecular complexity index is 775. The first-order valence-corrected chi connectivity index (χ1v) is 6.41. The Morgan fingerprint density at radius 2 is 1.50 bits per heavy atom. The highest BCUT2D eigenvalue weighted by molar-refractivity contribution is 6.40. The zero-order chi connectivity index (χ0) is 12.9. The number of hydrogen-bond donors (Lipinski definition) is 0. The molecule has 0 N–H and O–H groups in total. The monoisotopic (exact) mass is 255 g/mol. The van der Waals surface area contributed by atoms with Crippen molar-refractivity contribution in [2.75, 3.05) is 0 Å². The number of hydrogen-bond acceptors (Lipinski definition) is 1. The van der Waals surface area contributed by atoms with E-state index in [0.29, 0.717) is 0 Å². The lowest BCUT2D eigenvalue weighted by Crippen LogP contribution is -1.89. The molecule has 0 aliphatic rings. The fraction of sp³-hybridized carbons (Fsp3) is 0.188. The van der Waals surface area contributed by atoms with Crippen LogP contribution in [0.4, 0.5) is 0 Å². The molecule has 0 aliphatic carbocycles. The summed E-state index contributed by atoms with van der Waals surface area (Å²) in [4.78, 5) is 4.70. The quantitative estimate of drug-likeness (QED) is 0.517. The average molecular weight is 256 g/mol. The van der Waals surface area contributed by atoms with Crippen LogP contribution in [0.2, 0.25) is 5.02 Å². The molecule has 0 amide bonds. The van der Waals surface area contributed by atoms with Crippen molar-refractivity contribution >= 4 is 33.4 Å². The maximum Gasteiger partial charge on any atom is 0.0727 e. The number of halogens is 1. The Morgan fingerprint density at radius 3 is 2.28 bits per heavy atom. The second kappa shape index (κ2) is 3.96. The molecule has 0 bridgehead atoms. The van der Waals surface area contributed by atoms with E-state index in [4.69, 9.17) is 16.6 Å². The van der Waals surface area contributed by atoms with Gasteiger partial charge in [-0.25, -0.2) is 4.98 Å². The molecule has 0 unspecified atom stereocenters. The molecule has 0 fully saturated rings. The second-order valence-corrected chi connectivity index (χ2v) is 5.28. The summed E-state index contributed by atoms with van der Waals surface area (Å²) in [5.74, 6) is 0. The highest BCUT2D eigenvalue weighted by Gasteiger charge is 2.08. The lowest BCUT2D eigenvalue weighted by Gasteiger charge is -2.08. The molecule has 1 heterocycles. The molecule has 3 rings (SSSR count). The third-order valence-electron chi connectivity index (χ3n) is 3.48. The second-order valence-electron chi connectivity index (χ2n) is 4.90. The average Bonchev–Trinajstić information content (AvgIpc) is 2.33. The van der Waals surface area contributed by atoms with E-state index < -0.39 is 0 Å². The third-order valence-corrected chi connectivity index (χ3v) is 3.89. The summed E-state index contributed by atoms with van der Waals surface area (Å²) in [5, 5.41) is 2.88. The van der Waals surface area contributed by atoms with E-state index in [0.717, 1.165) is 26.8 Å². The minimum absolute atomic E-state index is 0.807. The van der Waals surface area contributed by atoms with Crippen molar-refractivity contribution in [3.8, 4) is 0 Å². The SMILES string of the molecule is Cc1ccc2nc3cc(C)c(C)cc3c(Cl)c2c1. The Kier molecular flexibility index (Phi) is 2.53. The first-order valence-electron chi connectivity index (χ1n) is 6.03. The summed E-state index contributed by atoms with van der Waals surface area (Å²) in [5.41, 5.74) is 5.63. The predicted molar refractivity (Wildman–Crippen MR) is 78.5 cm³/mol. The van der Waals surface area contributed by atoms with Crippen molar-refractivity contribution in [1.82, 2.24) is 4.98 Å². The first kappa shape index (κ1) is 11.5. The Morgan fingerprint density at radius 1 is 0.833 bits per heavy atom. The van der Waals surface area contributed by atoms with Gasteiger partial charge in [0.25, 0.3) is 0 Å². The van der Waals surface area contributed by atoms with Crippen LogP contribution in [0.15, 0.2) is 30.3 Å². The van der Waals surface area contributed by atoms with E-state index in [1.165, 1.54) is 16.7 Å². The Hall–Kier alpha value is -1.60. The van der Waals surface area contributed by atoms with Gasteiger partial charge in [0, 0.05) is 10.8 Å². The van der Waals surface area contributed by atoms with Crippen LogP contribution >= 0.6 is 11.6 Å². The minimum atomic E-state index is 0.807. The summed E-state index contributed by atoms with van der Waals surface area (Å²) in [6.07, 6.45) is 0. The van der Waals surface area contributed by atoms with Gasteiger partial charge < -0.3 is 0 Å². The highest BCUT2D eigenvalue weighted by Crippen LogP contribution is 2.32. The van der Waals surface area contributed by atoms with Crippen molar-refractivity contribution in [3.63, 3.8) is 0 Å². The molecule has 3 aromatic rings. The zero-order valence-corrected chi connectivity index (χ0v) is 11.5. The predicted octanol–water partition coefficient (Wildman–Crippen LogP) is 4.97. The lowest BCUT2D eigenvalue weighted by molar-refractivity contribution is 1.35. The standard InChI is InChI=1S/C16H14ClN/c1-9-4-5-14-12(6-9)16(17)13-7-10(2)11(3)8-15(13)18-14/h4-8H,1-3H3. The molecule has 2 aromatic carbocycles. The minimum Gasteiger partial charge on any atom is -0.248 e. The fourth-order valence-corrected chi connectivity index (χ4v) is 2.57. The van der Waals surface area contributed by atoms with Gasteiger partial charge in [-0.1, -0.05) is 23.2 Å². The van der Waals surface area contributed by atoms with Crippen molar-refractivity contribution in [2.24, 2.45) is 0 Å². The van der Waals surface area contributed by atoms with Crippen LogP contribution in [0.3, 0.4) is 0 Å². The van der Waals surface area contributed by atoms with Crippen molar-refractivity contribution in [1.29, 1.82) is 0 Å². The molecule has 1 aromatic heterocycles. The van der Waals surface area contributed by atoms with Crippen molar-refractivity contribution in [3.05, 3.63) is 52.0 Å². The number of aromatic nitrogens is 1. The smallest absolute Gasteiger partial charge is 0.0727 e. The van der Waals surface area contributed by atoms with Gasteiger partial charge in [-0.15, -0.1) is 0 Å². The van der Waals surface area contributed by atoms with Crippen LogP contribution in [0.25, 0.3) is 21.8 Å². The van der Waals surface area contributed by atoms with E-state index in [-0.39, 0.29) is 0 Å². The van der Waals surface area contributed by atoms with Crippen LogP contribution in [-0.4, -0.2) is 4.98 Å². The molecule has 1 nitrogen and oxygen atoms in total.